The van der Waals surface area contributed by atoms with Gasteiger partial charge in [0.15, 0.2) is 5.78 Å². The molecule has 128 valence electrons. The van der Waals surface area contributed by atoms with E-state index in [1.807, 2.05) is 12.1 Å². The van der Waals surface area contributed by atoms with Crippen LogP contribution in [0, 0.1) is 12.4 Å². The first-order chi connectivity index (χ1) is 12.6. The van der Waals surface area contributed by atoms with Gasteiger partial charge in [0.1, 0.15) is 5.82 Å². The largest absolute Gasteiger partial charge is 0.381 e. The first-order valence-electron chi connectivity index (χ1n) is 8.08. The van der Waals surface area contributed by atoms with E-state index in [1.54, 1.807) is 36.4 Å². The molecule has 4 nitrogen and oxygen atoms in total. The third kappa shape index (κ3) is 4.52. The predicted octanol–water partition coefficient (Wildman–Crippen LogP) is 4.81. The second-order valence-electron chi connectivity index (χ2n) is 5.78. The highest BCUT2D eigenvalue weighted by Crippen LogP contribution is 2.16. The van der Waals surface area contributed by atoms with Gasteiger partial charge in [-0.25, -0.2) is 9.24 Å². The summed E-state index contributed by atoms with van der Waals surface area (Å²) in [4.78, 5) is 19.9. The summed E-state index contributed by atoms with van der Waals surface area (Å²) in [5.41, 5.74) is 3.44. The van der Waals surface area contributed by atoms with Crippen LogP contribution in [0.2, 0.25) is 0 Å². The number of nitrogens with one attached hydrogen (secondary N) is 1. The number of anilines is 1. The Kier molecular flexibility index (Phi) is 5.35. The summed E-state index contributed by atoms with van der Waals surface area (Å²) in [5, 5.41) is 3.23. The Labute approximate surface area is 151 Å². The lowest BCUT2D eigenvalue weighted by Gasteiger charge is -2.08. The summed E-state index contributed by atoms with van der Waals surface area (Å²) >= 11 is 0. The minimum absolute atomic E-state index is 0.0431. The SMILES string of the molecule is [C-]#[N+]c1ccc(CC(=O)c2cccc(NCc3ccc(F)cc3)c2)nc1. The molecule has 1 N–H and O–H groups in total. The molecule has 0 aliphatic heterocycles. The minimum atomic E-state index is -0.264. The van der Waals surface area contributed by atoms with E-state index in [9.17, 15) is 9.18 Å². The number of aromatic nitrogens is 1. The van der Waals surface area contributed by atoms with Crippen molar-refractivity contribution in [2.75, 3.05) is 5.32 Å². The highest BCUT2D eigenvalue weighted by molar-refractivity contribution is 5.98. The Bertz CT molecular complexity index is 944. The van der Waals surface area contributed by atoms with Gasteiger partial charge >= 0.3 is 0 Å². The van der Waals surface area contributed by atoms with E-state index in [4.69, 9.17) is 6.57 Å². The topological polar surface area (TPSA) is 46.4 Å². The molecule has 0 saturated heterocycles. The van der Waals surface area contributed by atoms with E-state index in [-0.39, 0.29) is 18.0 Å². The predicted molar refractivity (Wildman–Crippen MR) is 98.7 cm³/mol. The van der Waals surface area contributed by atoms with Gasteiger partial charge in [-0.05, 0) is 29.8 Å². The van der Waals surface area contributed by atoms with Crippen molar-refractivity contribution in [2.45, 2.75) is 13.0 Å². The first-order valence-corrected chi connectivity index (χ1v) is 8.08. The fourth-order valence-electron chi connectivity index (χ4n) is 2.46. The third-order valence-corrected chi connectivity index (χ3v) is 3.87. The smallest absolute Gasteiger partial charge is 0.205 e. The van der Waals surface area contributed by atoms with Gasteiger partial charge in [-0.2, -0.15) is 0 Å². The average molecular weight is 345 g/mol. The highest BCUT2D eigenvalue weighted by atomic mass is 19.1. The summed E-state index contributed by atoms with van der Waals surface area (Å²) < 4.78 is 12.9. The number of pyridine rings is 1. The maximum Gasteiger partial charge on any atom is 0.205 e. The molecule has 0 spiro atoms. The van der Waals surface area contributed by atoms with Gasteiger partial charge in [0.25, 0.3) is 0 Å². The summed E-state index contributed by atoms with van der Waals surface area (Å²) in [5.74, 6) is -0.308. The maximum atomic E-state index is 12.9. The van der Waals surface area contributed by atoms with Crippen molar-refractivity contribution in [3.8, 4) is 0 Å². The zero-order chi connectivity index (χ0) is 18.4. The number of halogens is 1. The van der Waals surface area contributed by atoms with Crippen LogP contribution in [0.15, 0.2) is 66.9 Å². The van der Waals surface area contributed by atoms with E-state index in [0.29, 0.717) is 23.5 Å². The number of carbonyl (C=O) groups excluding carboxylic acids is 1. The fourth-order valence-corrected chi connectivity index (χ4v) is 2.46. The molecule has 1 aromatic heterocycles. The van der Waals surface area contributed by atoms with Crippen LogP contribution >= 0.6 is 0 Å². The van der Waals surface area contributed by atoms with Crippen LogP contribution in [0.5, 0.6) is 0 Å². The van der Waals surface area contributed by atoms with Crippen LogP contribution in [-0.4, -0.2) is 10.8 Å². The molecule has 0 aliphatic rings. The molecule has 26 heavy (non-hydrogen) atoms. The van der Waals surface area contributed by atoms with Crippen molar-refractivity contribution >= 4 is 17.2 Å². The van der Waals surface area contributed by atoms with Crippen molar-refractivity contribution in [3.05, 3.63) is 101 Å². The molecular formula is C21H16FN3O. The normalized spacial score (nSPS) is 10.2. The summed E-state index contributed by atoms with van der Waals surface area (Å²) in [7, 11) is 0. The molecule has 3 rings (SSSR count). The lowest BCUT2D eigenvalue weighted by Crippen LogP contribution is -2.06. The zero-order valence-electron chi connectivity index (χ0n) is 13.9. The molecule has 2 aromatic carbocycles. The van der Waals surface area contributed by atoms with Crippen LogP contribution in [-0.2, 0) is 13.0 Å². The zero-order valence-corrected chi connectivity index (χ0v) is 13.9. The minimum Gasteiger partial charge on any atom is -0.381 e. The molecule has 0 unspecified atom stereocenters. The Morgan fingerprint density at radius 2 is 1.92 bits per heavy atom. The number of benzene rings is 2. The van der Waals surface area contributed by atoms with Crippen molar-refractivity contribution in [1.29, 1.82) is 0 Å². The van der Waals surface area contributed by atoms with Gasteiger partial charge in [0.2, 0.25) is 5.69 Å². The molecule has 1 heterocycles. The Morgan fingerprint density at radius 1 is 1.12 bits per heavy atom. The quantitative estimate of drug-likeness (QED) is 0.515. The van der Waals surface area contributed by atoms with Crippen molar-refractivity contribution in [1.82, 2.24) is 4.98 Å². The van der Waals surface area contributed by atoms with Gasteiger partial charge < -0.3 is 5.32 Å². The van der Waals surface area contributed by atoms with E-state index in [2.05, 4.69) is 15.1 Å². The molecule has 5 heteroatoms. The number of rotatable bonds is 6. The van der Waals surface area contributed by atoms with Crippen molar-refractivity contribution in [3.63, 3.8) is 0 Å². The number of Topliss-reactive ketones (excluding diaryl/α,β-unsaturated/α-hetero) is 1. The van der Waals surface area contributed by atoms with Crippen LogP contribution in [0.3, 0.4) is 0 Å². The van der Waals surface area contributed by atoms with Gasteiger partial charge in [-0.3, -0.25) is 9.78 Å². The fraction of sp³-hybridized carbons (Fsp3) is 0.0952. The standard InChI is InChI=1S/C21H16FN3O/c1-23-20-10-9-19(25-14-20)12-21(26)16-3-2-4-18(11-16)24-13-15-5-7-17(22)8-6-15/h2-11,14,24H,12-13H2. The molecule has 0 atom stereocenters. The lowest BCUT2D eigenvalue weighted by atomic mass is 10.1. The molecule has 0 saturated carbocycles. The second-order valence-corrected chi connectivity index (χ2v) is 5.78. The Hall–Kier alpha value is -3.52. The molecule has 0 radical (unpaired) electrons. The van der Waals surface area contributed by atoms with Crippen LogP contribution in [0.1, 0.15) is 21.6 Å². The van der Waals surface area contributed by atoms with Gasteiger partial charge in [0, 0.05) is 29.7 Å². The van der Waals surface area contributed by atoms with Crippen molar-refractivity contribution < 1.29 is 9.18 Å². The van der Waals surface area contributed by atoms with E-state index in [0.717, 1.165) is 11.3 Å². The number of nitrogens with zero attached hydrogens (tertiary/aromatic N) is 2. The van der Waals surface area contributed by atoms with E-state index < -0.39 is 0 Å². The molecule has 0 aliphatic carbocycles. The molecular weight excluding hydrogens is 329 g/mol. The van der Waals surface area contributed by atoms with Gasteiger partial charge in [-0.15, -0.1) is 0 Å². The monoisotopic (exact) mass is 345 g/mol. The summed E-state index contributed by atoms with van der Waals surface area (Å²) in [6, 6.07) is 16.9. The third-order valence-electron chi connectivity index (χ3n) is 3.87. The van der Waals surface area contributed by atoms with Gasteiger partial charge in [0.05, 0.1) is 13.0 Å². The first kappa shape index (κ1) is 17.3. The van der Waals surface area contributed by atoms with Gasteiger partial charge in [-0.1, -0.05) is 36.4 Å². The number of ketones is 1. The average Bonchev–Trinajstić information content (AvgIpc) is 2.68. The molecule has 3 aromatic rings. The number of hydrogen-bond acceptors (Lipinski definition) is 3. The Balaban J connectivity index is 1.64. The molecule has 0 fully saturated rings. The van der Waals surface area contributed by atoms with Crippen LogP contribution < -0.4 is 5.32 Å². The van der Waals surface area contributed by atoms with Crippen LogP contribution in [0.25, 0.3) is 4.85 Å². The van der Waals surface area contributed by atoms with E-state index >= 15 is 0 Å². The molecule has 0 bridgehead atoms. The summed E-state index contributed by atoms with van der Waals surface area (Å²) in [6.45, 7) is 7.46. The second kappa shape index (κ2) is 8.04. The maximum absolute atomic E-state index is 12.9. The van der Waals surface area contributed by atoms with E-state index in [1.165, 1.54) is 18.3 Å². The number of carbonyl (C=O) groups is 1. The Morgan fingerprint density at radius 3 is 2.62 bits per heavy atom. The number of hydrogen-bond donors (Lipinski definition) is 1. The van der Waals surface area contributed by atoms with Crippen LogP contribution in [0.4, 0.5) is 15.8 Å². The summed E-state index contributed by atoms with van der Waals surface area (Å²) in [6.07, 6.45) is 1.65. The highest BCUT2D eigenvalue weighted by Gasteiger charge is 2.09. The lowest BCUT2D eigenvalue weighted by molar-refractivity contribution is 0.0992. The van der Waals surface area contributed by atoms with Crippen molar-refractivity contribution in [2.24, 2.45) is 0 Å². The molecule has 0 amide bonds.